The number of rotatable bonds is 12. The molecular weight excluding hydrogens is 553 g/mol. The van der Waals surface area contributed by atoms with Gasteiger partial charge in [0.25, 0.3) is 5.91 Å². The Morgan fingerprint density at radius 2 is 1.86 bits per heavy atom. The molecule has 1 aromatic carbocycles. The average molecular weight is 602 g/mol. The molecule has 2 aliphatic rings. The number of methoxy groups -OCH3 is 1. The van der Waals surface area contributed by atoms with Gasteiger partial charge in [-0.3, -0.25) is 4.79 Å². The van der Waals surface area contributed by atoms with E-state index >= 15 is 0 Å². The monoisotopic (exact) mass is 601 g/mol. The first-order valence-electron chi connectivity index (χ1n) is 15.5. The number of piperidine rings is 1. The van der Waals surface area contributed by atoms with Gasteiger partial charge in [-0.15, -0.1) is 5.10 Å². The molecule has 3 atom stereocenters. The van der Waals surface area contributed by atoms with Crippen LogP contribution < -0.4 is 0 Å². The highest BCUT2D eigenvalue weighted by Gasteiger charge is 2.44. The second-order valence-corrected chi connectivity index (χ2v) is 13.4. The van der Waals surface area contributed by atoms with Crippen LogP contribution in [0.4, 0.5) is 9.18 Å². The van der Waals surface area contributed by atoms with E-state index in [9.17, 15) is 19.1 Å². The van der Waals surface area contributed by atoms with Gasteiger partial charge in [-0.25, -0.2) is 13.9 Å². The van der Waals surface area contributed by atoms with Crippen LogP contribution in [0.3, 0.4) is 0 Å². The van der Waals surface area contributed by atoms with Gasteiger partial charge in [0.15, 0.2) is 5.69 Å². The van der Waals surface area contributed by atoms with Crippen LogP contribution in [-0.4, -0.2) is 93.0 Å². The van der Waals surface area contributed by atoms with E-state index in [1.54, 1.807) is 35.1 Å². The van der Waals surface area contributed by atoms with Crippen molar-refractivity contribution in [3.05, 3.63) is 41.5 Å². The highest BCUT2D eigenvalue weighted by atomic mass is 19.1. The first kappa shape index (κ1) is 32.9. The number of carbonyl (C=O) groups excluding carboxylic acids is 2. The van der Waals surface area contributed by atoms with Crippen molar-refractivity contribution < 1.29 is 28.6 Å². The van der Waals surface area contributed by atoms with Gasteiger partial charge < -0.3 is 24.4 Å². The van der Waals surface area contributed by atoms with Gasteiger partial charge in [0.1, 0.15) is 17.1 Å². The second-order valence-electron chi connectivity index (χ2n) is 13.4. The van der Waals surface area contributed by atoms with Gasteiger partial charge in [0.05, 0.1) is 17.8 Å². The number of para-hydroxylation sites is 1. The summed E-state index contributed by atoms with van der Waals surface area (Å²) in [5, 5.41) is 19.7. The number of aromatic nitrogens is 3. The number of unbranched alkanes of at least 4 members (excludes halogenated alkanes) is 1. The summed E-state index contributed by atoms with van der Waals surface area (Å²) < 4.78 is 27.2. The maximum atomic E-state index is 14.9. The number of aliphatic hydroxyl groups excluding tert-OH is 1. The molecule has 10 nitrogen and oxygen atoms in total. The van der Waals surface area contributed by atoms with Crippen molar-refractivity contribution in [2.75, 3.05) is 33.4 Å². The lowest BCUT2D eigenvalue weighted by Gasteiger charge is -2.44. The Balaban J connectivity index is 1.69. The number of ether oxygens (including phenoxy) is 2. The molecule has 238 valence electrons. The molecule has 2 aromatic rings. The van der Waals surface area contributed by atoms with Crippen molar-refractivity contribution in [1.29, 1.82) is 0 Å². The second kappa shape index (κ2) is 14.2. The van der Waals surface area contributed by atoms with Gasteiger partial charge in [0, 0.05) is 39.3 Å². The minimum atomic E-state index is -0.676. The van der Waals surface area contributed by atoms with Crippen molar-refractivity contribution >= 4 is 12.0 Å². The van der Waals surface area contributed by atoms with E-state index in [0.717, 1.165) is 19.3 Å². The molecule has 0 radical (unpaired) electrons. The molecule has 4 rings (SSSR count). The molecule has 2 amide bonds. The zero-order valence-electron chi connectivity index (χ0n) is 26.5. The third kappa shape index (κ3) is 8.53. The molecule has 1 aliphatic carbocycles. The number of benzene rings is 1. The summed E-state index contributed by atoms with van der Waals surface area (Å²) in [5.74, 6) is -0.615. The fourth-order valence-electron chi connectivity index (χ4n) is 5.86. The SMILES string of the molecule is COCCCCc1c(C(=O)N(CC(C)C)[C@H]2C[C@@H](C(O)C3CC3)CN(C(=O)OC(C)(C)C)C2)nnn1-c1ccccc1F. The molecule has 2 fully saturated rings. The molecule has 11 heteroatoms. The van der Waals surface area contributed by atoms with E-state index < -0.39 is 23.6 Å². The van der Waals surface area contributed by atoms with E-state index in [-0.39, 0.29) is 47.6 Å². The fourth-order valence-corrected chi connectivity index (χ4v) is 5.86. The highest BCUT2D eigenvalue weighted by Crippen LogP contribution is 2.39. The van der Waals surface area contributed by atoms with Crippen LogP contribution in [0.1, 0.15) is 82.9 Å². The first-order chi connectivity index (χ1) is 20.4. The molecule has 0 bridgehead atoms. The van der Waals surface area contributed by atoms with Crippen molar-refractivity contribution in [2.24, 2.45) is 17.8 Å². The zero-order valence-corrected chi connectivity index (χ0v) is 26.5. The molecule has 1 unspecified atom stereocenters. The van der Waals surface area contributed by atoms with Crippen LogP contribution >= 0.6 is 0 Å². The van der Waals surface area contributed by atoms with Crippen LogP contribution in [0.15, 0.2) is 24.3 Å². The Morgan fingerprint density at radius 1 is 1.14 bits per heavy atom. The number of amides is 2. The van der Waals surface area contributed by atoms with E-state index in [4.69, 9.17) is 9.47 Å². The fraction of sp³-hybridized carbons (Fsp3) is 0.688. The van der Waals surface area contributed by atoms with Gasteiger partial charge in [-0.2, -0.15) is 0 Å². The van der Waals surface area contributed by atoms with Crippen LogP contribution in [-0.2, 0) is 15.9 Å². The minimum Gasteiger partial charge on any atom is -0.444 e. The Morgan fingerprint density at radius 3 is 2.49 bits per heavy atom. The van der Waals surface area contributed by atoms with Crippen molar-refractivity contribution in [1.82, 2.24) is 24.8 Å². The van der Waals surface area contributed by atoms with Crippen molar-refractivity contribution in [3.8, 4) is 5.69 Å². The molecular formula is C32H48FN5O5. The molecule has 2 heterocycles. The number of hydrogen-bond donors (Lipinski definition) is 1. The maximum Gasteiger partial charge on any atom is 0.410 e. The van der Waals surface area contributed by atoms with Crippen molar-refractivity contribution in [2.45, 2.75) is 90.9 Å². The molecule has 1 saturated carbocycles. The Bertz CT molecular complexity index is 1240. The summed E-state index contributed by atoms with van der Waals surface area (Å²) >= 11 is 0. The van der Waals surface area contributed by atoms with E-state index in [1.165, 1.54) is 10.7 Å². The lowest BCUT2D eigenvalue weighted by molar-refractivity contribution is -0.0220. The third-order valence-corrected chi connectivity index (χ3v) is 8.02. The molecule has 1 saturated heterocycles. The number of carbonyl (C=O) groups is 2. The number of nitrogens with zero attached hydrogens (tertiary/aromatic N) is 5. The Labute approximate surface area is 254 Å². The summed E-state index contributed by atoms with van der Waals surface area (Å²) in [6, 6.07) is 5.94. The first-order valence-corrected chi connectivity index (χ1v) is 15.5. The zero-order chi connectivity index (χ0) is 31.3. The van der Waals surface area contributed by atoms with Gasteiger partial charge >= 0.3 is 6.09 Å². The number of aliphatic hydroxyl groups is 1. The van der Waals surface area contributed by atoms with E-state index in [0.29, 0.717) is 44.7 Å². The normalized spacial score (nSPS) is 19.9. The Hall–Kier alpha value is -3.05. The Kier molecular flexibility index (Phi) is 10.8. The lowest BCUT2D eigenvalue weighted by atomic mass is 9.86. The summed E-state index contributed by atoms with van der Waals surface area (Å²) in [6.45, 7) is 11.2. The number of halogens is 1. The topological polar surface area (TPSA) is 110 Å². The summed E-state index contributed by atoms with van der Waals surface area (Å²) in [6.07, 6.45) is 3.40. The number of likely N-dealkylation sites (tertiary alicyclic amines) is 1. The van der Waals surface area contributed by atoms with Gasteiger partial charge in [0.2, 0.25) is 0 Å². The van der Waals surface area contributed by atoms with Crippen LogP contribution in [0.25, 0.3) is 5.69 Å². The molecule has 1 aliphatic heterocycles. The van der Waals surface area contributed by atoms with Gasteiger partial charge in [-0.05, 0) is 83.3 Å². The van der Waals surface area contributed by atoms with Crippen LogP contribution in [0.5, 0.6) is 0 Å². The van der Waals surface area contributed by atoms with Crippen molar-refractivity contribution in [3.63, 3.8) is 0 Å². The largest absolute Gasteiger partial charge is 0.444 e. The lowest BCUT2D eigenvalue weighted by Crippen LogP contribution is -2.57. The number of hydrogen-bond acceptors (Lipinski definition) is 7. The van der Waals surface area contributed by atoms with Crippen LogP contribution in [0.2, 0.25) is 0 Å². The predicted octanol–water partition coefficient (Wildman–Crippen LogP) is 4.87. The highest BCUT2D eigenvalue weighted by molar-refractivity contribution is 5.93. The van der Waals surface area contributed by atoms with Gasteiger partial charge in [-0.1, -0.05) is 31.2 Å². The van der Waals surface area contributed by atoms with E-state index in [2.05, 4.69) is 10.3 Å². The standard InChI is InChI=1S/C32H48FN5O5/c1-21(2)18-37(24-17-23(29(39)22-14-15-22)19-36(20-24)31(41)43-32(3,4)5)30(40)28-27(13-9-10-16-42-6)38(35-34-28)26-12-8-7-11-25(26)33/h7-8,11-12,21-24,29,39H,9-10,13-20H2,1-6H3/t23-,24+,29?/m1/s1. The van der Waals surface area contributed by atoms with E-state index in [1.807, 2.05) is 34.6 Å². The molecule has 1 aromatic heterocycles. The molecule has 0 spiro atoms. The quantitative estimate of drug-likeness (QED) is 0.346. The summed E-state index contributed by atoms with van der Waals surface area (Å²) in [7, 11) is 1.64. The molecule has 1 N–H and O–H groups in total. The minimum absolute atomic E-state index is 0.124. The van der Waals surface area contributed by atoms with Crippen LogP contribution in [0, 0.1) is 23.6 Å². The summed E-state index contributed by atoms with van der Waals surface area (Å²) in [4.78, 5) is 31.1. The third-order valence-electron chi connectivity index (χ3n) is 8.02. The molecule has 43 heavy (non-hydrogen) atoms. The summed E-state index contributed by atoms with van der Waals surface area (Å²) in [5.41, 5.74) is 0.266. The predicted molar refractivity (Wildman–Crippen MR) is 160 cm³/mol. The maximum absolute atomic E-state index is 14.9. The smallest absolute Gasteiger partial charge is 0.410 e. The average Bonchev–Trinajstić information content (AvgIpc) is 3.72.